The van der Waals surface area contributed by atoms with Gasteiger partial charge in [0.2, 0.25) is 5.91 Å². The minimum absolute atomic E-state index is 0. The number of benzene rings is 1. The number of hydrogen-bond acceptors (Lipinski definition) is 3. The van der Waals surface area contributed by atoms with Crippen LogP contribution in [-0.2, 0) is 11.3 Å². The Morgan fingerprint density at radius 3 is 2.29 bits per heavy atom. The number of hydrogen-bond donors (Lipinski definition) is 4. The molecule has 0 aliphatic heterocycles. The quantitative estimate of drug-likeness (QED) is 0.284. The van der Waals surface area contributed by atoms with Crippen molar-refractivity contribution in [2.45, 2.75) is 33.4 Å². The SMILES string of the molecule is CCNC(=NCc1ccc(C(=O)NCC(N)=O)cc1)NC(C)C.I. The summed E-state index contributed by atoms with van der Waals surface area (Å²) < 4.78 is 0. The van der Waals surface area contributed by atoms with Gasteiger partial charge in [0.1, 0.15) is 0 Å². The standard InChI is InChI=1S/C16H25N5O2.HI/c1-4-18-16(21-11(2)3)20-9-12-5-7-13(8-6-12)15(23)19-10-14(17)22;/h5-8,11H,4,9-10H2,1-3H3,(H2,17,22)(H,19,23)(H2,18,20,21);1H. The maximum absolute atomic E-state index is 11.8. The molecule has 0 aromatic heterocycles. The number of guanidine groups is 1. The van der Waals surface area contributed by atoms with E-state index in [1.165, 1.54) is 0 Å². The van der Waals surface area contributed by atoms with Crippen LogP contribution in [0.3, 0.4) is 0 Å². The molecule has 0 unspecified atom stereocenters. The number of carbonyl (C=O) groups excluding carboxylic acids is 2. The molecule has 0 aliphatic rings. The third-order valence-corrected chi connectivity index (χ3v) is 2.83. The van der Waals surface area contributed by atoms with Crippen LogP contribution in [0.1, 0.15) is 36.7 Å². The second-order valence-electron chi connectivity index (χ2n) is 5.34. The Balaban J connectivity index is 0.00000529. The number of amides is 2. The lowest BCUT2D eigenvalue weighted by Crippen LogP contribution is -2.41. The topological polar surface area (TPSA) is 109 Å². The predicted octanol–water partition coefficient (Wildman–Crippen LogP) is 0.983. The molecule has 8 heteroatoms. The lowest BCUT2D eigenvalue weighted by Gasteiger charge is -2.14. The first-order valence-corrected chi connectivity index (χ1v) is 7.62. The van der Waals surface area contributed by atoms with Crippen LogP contribution >= 0.6 is 24.0 Å². The largest absolute Gasteiger partial charge is 0.368 e. The summed E-state index contributed by atoms with van der Waals surface area (Å²) in [5, 5.41) is 8.86. The van der Waals surface area contributed by atoms with Gasteiger partial charge in [-0.25, -0.2) is 4.99 Å². The molecular weight excluding hydrogens is 421 g/mol. The number of nitrogens with zero attached hydrogens (tertiary/aromatic N) is 1. The summed E-state index contributed by atoms with van der Waals surface area (Å²) in [4.78, 5) is 26.9. The number of rotatable bonds is 7. The van der Waals surface area contributed by atoms with Crippen molar-refractivity contribution in [3.8, 4) is 0 Å². The van der Waals surface area contributed by atoms with Crippen LogP contribution < -0.4 is 21.7 Å². The van der Waals surface area contributed by atoms with Crippen molar-refractivity contribution in [2.24, 2.45) is 10.7 Å². The van der Waals surface area contributed by atoms with Gasteiger partial charge in [-0.3, -0.25) is 9.59 Å². The molecule has 1 aromatic carbocycles. The van der Waals surface area contributed by atoms with Gasteiger partial charge in [0, 0.05) is 18.2 Å². The Labute approximate surface area is 159 Å². The molecule has 0 bridgehead atoms. The Hall–Kier alpha value is -1.84. The Kier molecular flexibility index (Phi) is 10.8. The maximum Gasteiger partial charge on any atom is 0.251 e. The van der Waals surface area contributed by atoms with E-state index in [9.17, 15) is 9.59 Å². The summed E-state index contributed by atoms with van der Waals surface area (Å²) in [6.07, 6.45) is 0. The molecule has 1 aromatic rings. The maximum atomic E-state index is 11.8. The van der Waals surface area contributed by atoms with Crippen LogP contribution in [0, 0.1) is 0 Å². The van der Waals surface area contributed by atoms with E-state index in [0.717, 1.165) is 18.1 Å². The molecule has 0 heterocycles. The first-order chi connectivity index (χ1) is 10.9. The van der Waals surface area contributed by atoms with Gasteiger partial charge in [-0.15, -0.1) is 24.0 Å². The van der Waals surface area contributed by atoms with Crippen LogP contribution in [-0.4, -0.2) is 36.9 Å². The fraction of sp³-hybridized carbons (Fsp3) is 0.438. The average Bonchev–Trinajstić information content (AvgIpc) is 2.50. The summed E-state index contributed by atoms with van der Waals surface area (Å²) in [6, 6.07) is 7.36. The molecule has 0 saturated heterocycles. The Bertz CT molecular complexity index is 558. The third kappa shape index (κ3) is 8.70. The second-order valence-corrected chi connectivity index (χ2v) is 5.34. The van der Waals surface area contributed by atoms with E-state index in [0.29, 0.717) is 18.2 Å². The molecule has 0 saturated carbocycles. The van der Waals surface area contributed by atoms with E-state index in [1.54, 1.807) is 12.1 Å². The Morgan fingerprint density at radius 2 is 1.79 bits per heavy atom. The molecule has 1 rings (SSSR count). The molecule has 0 spiro atoms. The average molecular weight is 447 g/mol. The van der Waals surface area contributed by atoms with Crippen molar-refractivity contribution >= 4 is 41.8 Å². The van der Waals surface area contributed by atoms with E-state index >= 15 is 0 Å². The van der Waals surface area contributed by atoms with Crippen molar-refractivity contribution in [3.05, 3.63) is 35.4 Å². The van der Waals surface area contributed by atoms with E-state index in [2.05, 4.69) is 20.9 Å². The molecule has 0 atom stereocenters. The molecule has 5 N–H and O–H groups in total. The van der Waals surface area contributed by atoms with Crippen molar-refractivity contribution in [3.63, 3.8) is 0 Å². The molecule has 7 nitrogen and oxygen atoms in total. The van der Waals surface area contributed by atoms with Crippen LogP contribution in [0.25, 0.3) is 0 Å². The van der Waals surface area contributed by atoms with Crippen LogP contribution in [0.2, 0.25) is 0 Å². The highest BCUT2D eigenvalue weighted by molar-refractivity contribution is 14.0. The van der Waals surface area contributed by atoms with E-state index in [-0.39, 0.29) is 36.4 Å². The zero-order chi connectivity index (χ0) is 17.2. The van der Waals surface area contributed by atoms with Crippen LogP contribution in [0.4, 0.5) is 0 Å². The zero-order valence-electron chi connectivity index (χ0n) is 14.3. The van der Waals surface area contributed by atoms with Crippen molar-refractivity contribution in [1.29, 1.82) is 0 Å². The number of halogens is 1. The van der Waals surface area contributed by atoms with E-state index in [1.807, 2.05) is 32.9 Å². The molecule has 134 valence electrons. The fourth-order valence-electron chi connectivity index (χ4n) is 1.79. The minimum atomic E-state index is -0.571. The zero-order valence-corrected chi connectivity index (χ0v) is 16.6. The van der Waals surface area contributed by atoms with E-state index in [4.69, 9.17) is 5.73 Å². The summed E-state index contributed by atoms with van der Waals surface area (Å²) in [7, 11) is 0. The number of carbonyl (C=O) groups is 2. The van der Waals surface area contributed by atoms with E-state index < -0.39 is 5.91 Å². The molecule has 0 fully saturated rings. The Morgan fingerprint density at radius 1 is 1.17 bits per heavy atom. The van der Waals surface area contributed by atoms with Gasteiger partial charge in [-0.1, -0.05) is 12.1 Å². The lowest BCUT2D eigenvalue weighted by atomic mass is 10.1. The number of nitrogens with one attached hydrogen (secondary N) is 3. The molecule has 0 radical (unpaired) electrons. The third-order valence-electron chi connectivity index (χ3n) is 2.83. The first kappa shape index (κ1) is 22.2. The van der Waals surface area contributed by atoms with Crippen LogP contribution in [0.5, 0.6) is 0 Å². The summed E-state index contributed by atoms with van der Waals surface area (Å²) >= 11 is 0. The number of nitrogens with two attached hydrogens (primary N) is 1. The van der Waals surface area contributed by atoms with Gasteiger partial charge in [0.15, 0.2) is 5.96 Å². The summed E-state index contributed by atoms with van der Waals surface area (Å²) in [6.45, 7) is 7.23. The van der Waals surface area contributed by atoms with Crippen molar-refractivity contribution in [2.75, 3.05) is 13.1 Å². The normalized spacial score (nSPS) is 10.8. The highest BCUT2D eigenvalue weighted by atomic mass is 127. The highest BCUT2D eigenvalue weighted by Crippen LogP contribution is 2.06. The number of aliphatic imine (C=N–C) groups is 1. The second kappa shape index (κ2) is 11.7. The van der Waals surface area contributed by atoms with Crippen molar-refractivity contribution < 1.29 is 9.59 Å². The molecule has 2 amide bonds. The molecular formula is C16H26IN5O2. The molecule has 24 heavy (non-hydrogen) atoms. The lowest BCUT2D eigenvalue weighted by molar-refractivity contribution is -0.117. The smallest absolute Gasteiger partial charge is 0.251 e. The fourth-order valence-corrected chi connectivity index (χ4v) is 1.79. The summed E-state index contributed by atoms with van der Waals surface area (Å²) in [5.41, 5.74) is 6.45. The van der Waals surface area contributed by atoms with Gasteiger partial charge in [-0.2, -0.15) is 0 Å². The minimum Gasteiger partial charge on any atom is -0.368 e. The first-order valence-electron chi connectivity index (χ1n) is 7.62. The van der Waals surface area contributed by atoms with Crippen LogP contribution in [0.15, 0.2) is 29.3 Å². The molecule has 0 aliphatic carbocycles. The number of primary amides is 1. The summed E-state index contributed by atoms with van der Waals surface area (Å²) in [5.74, 6) is -0.141. The van der Waals surface area contributed by atoms with Gasteiger partial charge < -0.3 is 21.7 Å². The highest BCUT2D eigenvalue weighted by Gasteiger charge is 2.06. The van der Waals surface area contributed by atoms with Gasteiger partial charge >= 0.3 is 0 Å². The van der Waals surface area contributed by atoms with Crippen molar-refractivity contribution in [1.82, 2.24) is 16.0 Å². The predicted molar refractivity (Wildman–Crippen MR) is 106 cm³/mol. The van der Waals surface area contributed by atoms with Gasteiger partial charge in [-0.05, 0) is 38.5 Å². The monoisotopic (exact) mass is 447 g/mol. The van der Waals surface area contributed by atoms with Gasteiger partial charge in [0.25, 0.3) is 5.91 Å². The van der Waals surface area contributed by atoms with Gasteiger partial charge in [0.05, 0.1) is 13.1 Å².